The highest BCUT2D eigenvalue weighted by Crippen LogP contribution is 2.43. The van der Waals surface area contributed by atoms with Gasteiger partial charge >= 0.3 is 6.18 Å². The van der Waals surface area contributed by atoms with Crippen LogP contribution in [-0.2, 0) is 12.1 Å². The standard InChI is InChI=1S/C25H19F5N8O3/c26-15-4-2-1-3-14(15)11-38-19(17-7-8-40-37-17)9-18(36-38)21-31-10-16(27)20(33-21)32-12-24(39,25(28,29)30)23-35-34-22(41-23)13-5-6-13/h1-4,7-10,13,39H,5-6,11-12H2,(H,31,32,33). The second kappa shape index (κ2) is 10.0. The highest BCUT2D eigenvalue weighted by molar-refractivity contribution is 5.63. The molecule has 0 aliphatic heterocycles. The third-order valence-electron chi connectivity index (χ3n) is 6.43. The first-order valence-corrected chi connectivity index (χ1v) is 12.2. The maximum atomic E-state index is 14.6. The van der Waals surface area contributed by atoms with Crippen molar-refractivity contribution in [1.82, 2.24) is 35.1 Å². The van der Waals surface area contributed by atoms with Gasteiger partial charge in [0.15, 0.2) is 17.5 Å². The van der Waals surface area contributed by atoms with Gasteiger partial charge in [0.1, 0.15) is 23.5 Å². The highest BCUT2D eigenvalue weighted by atomic mass is 19.4. The molecule has 1 saturated carbocycles. The van der Waals surface area contributed by atoms with E-state index in [0.29, 0.717) is 29.8 Å². The molecule has 41 heavy (non-hydrogen) atoms. The zero-order valence-electron chi connectivity index (χ0n) is 20.8. The van der Waals surface area contributed by atoms with Gasteiger partial charge in [0.25, 0.3) is 11.5 Å². The molecule has 11 nitrogen and oxygen atoms in total. The van der Waals surface area contributed by atoms with E-state index in [-0.39, 0.29) is 29.9 Å². The number of nitrogens with zero attached hydrogens (tertiary/aromatic N) is 7. The fraction of sp³-hybridized carbons (Fsp3) is 0.280. The molecule has 1 unspecified atom stereocenters. The Kier molecular flexibility index (Phi) is 6.48. The second-order valence-electron chi connectivity index (χ2n) is 9.37. The van der Waals surface area contributed by atoms with Crippen LogP contribution in [0.25, 0.3) is 22.9 Å². The number of aliphatic hydroxyl groups is 1. The van der Waals surface area contributed by atoms with Gasteiger partial charge in [-0.2, -0.15) is 18.3 Å². The van der Waals surface area contributed by atoms with E-state index in [0.717, 1.165) is 6.20 Å². The highest BCUT2D eigenvalue weighted by Gasteiger charge is 2.59. The minimum Gasteiger partial charge on any atom is -0.421 e. The van der Waals surface area contributed by atoms with E-state index in [1.165, 1.54) is 29.1 Å². The Hall–Kier alpha value is -4.73. The fourth-order valence-electron chi connectivity index (χ4n) is 4.01. The molecule has 0 bridgehead atoms. The third-order valence-corrected chi connectivity index (χ3v) is 6.43. The maximum Gasteiger partial charge on any atom is 0.428 e. The van der Waals surface area contributed by atoms with Crippen LogP contribution in [-0.4, -0.2) is 52.9 Å². The normalized spacial score (nSPS) is 15.2. The lowest BCUT2D eigenvalue weighted by atomic mass is 10.0. The molecule has 1 fully saturated rings. The molecule has 16 heteroatoms. The van der Waals surface area contributed by atoms with Crippen LogP contribution in [0, 0.1) is 11.6 Å². The van der Waals surface area contributed by atoms with Gasteiger partial charge in [-0.1, -0.05) is 23.4 Å². The van der Waals surface area contributed by atoms with Crippen LogP contribution in [0.1, 0.15) is 36.1 Å². The van der Waals surface area contributed by atoms with Crippen LogP contribution in [0.4, 0.5) is 27.8 Å². The van der Waals surface area contributed by atoms with E-state index in [9.17, 15) is 27.1 Å². The van der Waals surface area contributed by atoms with Crippen LogP contribution in [0.3, 0.4) is 0 Å². The average molecular weight is 574 g/mol. The first-order chi connectivity index (χ1) is 19.6. The fourth-order valence-corrected chi connectivity index (χ4v) is 4.01. The maximum absolute atomic E-state index is 14.6. The van der Waals surface area contributed by atoms with E-state index in [2.05, 4.69) is 35.7 Å². The van der Waals surface area contributed by atoms with Gasteiger partial charge in [-0.25, -0.2) is 18.7 Å². The number of hydrogen-bond donors (Lipinski definition) is 2. The van der Waals surface area contributed by atoms with E-state index in [4.69, 9.17) is 8.94 Å². The van der Waals surface area contributed by atoms with Crippen molar-refractivity contribution < 1.29 is 36.0 Å². The summed E-state index contributed by atoms with van der Waals surface area (Å²) in [6.07, 6.45) is -1.81. The van der Waals surface area contributed by atoms with E-state index in [1.54, 1.807) is 18.2 Å². The first kappa shape index (κ1) is 26.5. The smallest absolute Gasteiger partial charge is 0.421 e. The molecule has 1 atom stereocenters. The van der Waals surface area contributed by atoms with E-state index >= 15 is 0 Å². The van der Waals surface area contributed by atoms with E-state index < -0.39 is 41.7 Å². The molecule has 212 valence electrons. The summed E-state index contributed by atoms with van der Waals surface area (Å²) in [6, 6.07) is 9.08. The predicted molar refractivity (Wildman–Crippen MR) is 129 cm³/mol. The van der Waals surface area contributed by atoms with Crippen molar-refractivity contribution in [3.63, 3.8) is 0 Å². The SMILES string of the molecule is OC(CNc1nc(-c2cc(-c3ccon3)n(Cc3ccccc3F)n2)ncc1F)(c1nnc(C2CC2)o1)C(F)(F)F. The summed E-state index contributed by atoms with van der Waals surface area (Å²) in [5.74, 6) is -3.61. The summed E-state index contributed by atoms with van der Waals surface area (Å²) in [6.45, 7) is -1.31. The number of halogens is 5. The molecule has 0 spiro atoms. The molecule has 1 aliphatic rings. The van der Waals surface area contributed by atoms with Crippen molar-refractivity contribution in [3.05, 3.63) is 77.8 Å². The van der Waals surface area contributed by atoms with Crippen LogP contribution in [0.2, 0.25) is 0 Å². The second-order valence-corrected chi connectivity index (χ2v) is 9.37. The summed E-state index contributed by atoms with van der Waals surface area (Å²) < 4.78 is 82.3. The summed E-state index contributed by atoms with van der Waals surface area (Å²) >= 11 is 0. The Balaban J connectivity index is 1.30. The number of nitrogens with one attached hydrogen (secondary N) is 1. The van der Waals surface area contributed by atoms with Crippen molar-refractivity contribution in [3.8, 4) is 22.9 Å². The Labute approximate surface area is 227 Å². The third kappa shape index (κ3) is 5.13. The molecule has 6 rings (SSSR count). The molecule has 0 radical (unpaired) electrons. The van der Waals surface area contributed by atoms with Crippen LogP contribution in [0.5, 0.6) is 0 Å². The predicted octanol–water partition coefficient (Wildman–Crippen LogP) is 4.44. The zero-order chi connectivity index (χ0) is 28.8. The van der Waals surface area contributed by atoms with Gasteiger partial charge in [-0.15, -0.1) is 10.2 Å². The van der Waals surface area contributed by atoms with Gasteiger partial charge < -0.3 is 19.4 Å². The minimum atomic E-state index is -5.25. The number of rotatable bonds is 9. The Morgan fingerprint density at radius 1 is 1.05 bits per heavy atom. The van der Waals surface area contributed by atoms with Gasteiger partial charge in [0, 0.05) is 17.5 Å². The van der Waals surface area contributed by atoms with Gasteiger partial charge in [-0.3, -0.25) is 4.68 Å². The summed E-state index contributed by atoms with van der Waals surface area (Å²) in [5.41, 5.74) is -2.51. The Morgan fingerprint density at radius 3 is 2.56 bits per heavy atom. The molecular weight excluding hydrogens is 555 g/mol. The molecule has 1 aliphatic carbocycles. The molecule has 2 N–H and O–H groups in total. The molecule has 4 aromatic heterocycles. The summed E-state index contributed by atoms with van der Waals surface area (Å²) in [5, 5.41) is 28.0. The zero-order valence-corrected chi connectivity index (χ0v) is 20.8. The summed E-state index contributed by atoms with van der Waals surface area (Å²) in [7, 11) is 0. The van der Waals surface area contributed by atoms with E-state index in [1.807, 2.05) is 0 Å². The van der Waals surface area contributed by atoms with Crippen molar-refractivity contribution in [1.29, 1.82) is 0 Å². The summed E-state index contributed by atoms with van der Waals surface area (Å²) in [4.78, 5) is 7.89. The number of benzene rings is 1. The molecule has 1 aromatic carbocycles. The lowest BCUT2D eigenvalue weighted by molar-refractivity contribution is -0.268. The quantitative estimate of drug-likeness (QED) is 0.243. The van der Waals surface area contributed by atoms with Gasteiger partial charge in [0.2, 0.25) is 5.89 Å². The first-order valence-electron chi connectivity index (χ1n) is 12.2. The number of aromatic nitrogens is 7. The van der Waals surface area contributed by atoms with Crippen molar-refractivity contribution in [2.24, 2.45) is 0 Å². The van der Waals surface area contributed by atoms with Crippen LogP contribution in [0.15, 0.2) is 57.8 Å². The Bertz CT molecular complexity index is 1680. The van der Waals surface area contributed by atoms with Crippen molar-refractivity contribution in [2.45, 2.75) is 37.1 Å². The topological polar surface area (TPSA) is 141 Å². The van der Waals surface area contributed by atoms with Crippen molar-refractivity contribution in [2.75, 3.05) is 11.9 Å². The molecule has 0 saturated heterocycles. The van der Waals surface area contributed by atoms with Gasteiger partial charge in [-0.05, 0) is 25.0 Å². The van der Waals surface area contributed by atoms with Gasteiger partial charge in [0.05, 0.1) is 25.0 Å². The number of anilines is 1. The molecule has 5 aromatic rings. The van der Waals surface area contributed by atoms with Crippen molar-refractivity contribution >= 4 is 5.82 Å². The molecular formula is C25H19F5N8O3. The average Bonchev–Trinajstić information content (AvgIpc) is 3.32. The largest absolute Gasteiger partial charge is 0.428 e. The van der Waals surface area contributed by atoms with Crippen LogP contribution < -0.4 is 5.32 Å². The minimum absolute atomic E-state index is 0.00735. The number of hydrogen-bond acceptors (Lipinski definition) is 10. The lowest BCUT2D eigenvalue weighted by Crippen LogP contribution is -2.48. The van der Waals surface area contributed by atoms with Crippen LogP contribution >= 0.6 is 0 Å². The Morgan fingerprint density at radius 2 is 1.85 bits per heavy atom. The molecule has 4 heterocycles. The number of alkyl halides is 3. The lowest BCUT2D eigenvalue weighted by Gasteiger charge is -2.27. The monoisotopic (exact) mass is 574 g/mol. The molecule has 0 amide bonds.